The Kier molecular flexibility index (Phi) is 39.5. The number of rotatable bonds is 32. The Morgan fingerprint density at radius 1 is 0.450 bits per heavy atom. The molecule has 7 heterocycles. The van der Waals surface area contributed by atoms with E-state index in [4.69, 9.17) is 85.7 Å². The van der Waals surface area contributed by atoms with Gasteiger partial charge in [0.2, 0.25) is 5.89 Å². The highest BCUT2D eigenvalue weighted by molar-refractivity contribution is 9.11. The van der Waals surface area contributed by atoms with Crippen LogP contribution in [0.5, 0.6) is 11.5 Å². The molecule has 0 saturated heterocycles. The lowest BCUT2D eigenvalue weighted by Gasteiger charge is -2.19. The molecule has 750 valence electrons. The van der Waals surface area contributed by atoms with Crippen LogP contribution in [-0.2, 0) is 101 Å². The van der Waals surface area contributed by atoms with E-state index in [2.05, 4.69) is 130 Å². The maximum Gasteiger partial charge on any atom is 0.573 e. The molecular weight excluding hydrogens is 2470 g/mol. The third-order valence-electron chi connectivity index (χ3n) is 18.2. The first-order valence-electron chi connectivity index (χ1n) is 37.8. The van der Waals surface area contributed by atoms with Gasteiger partial charge < -0.3 is 80.9 Å². The zero-order valence-electron chi connectivity index (χ0n) is 70.0. The standard InChI is InChI=1S/C19H16BrF2N2O4PS.C15H11BrF5O4PS.C15H13BrF2N3O4PS.C15H13BrF2N3O3PS2.C14H10BrCl2F2N4O4PS/c1-28-14-5-3-13(4-6-14)17-8-9-23-18(24-17)30-11-12-2-7-15(16(20)10-12)19(21,22)29(25,26)27;16-13-7-9(1-6-12(13)14(17,18)26(22,23)24)8-27-11-4-2-10(3-5-11)25-15(19,20)21;1-21-13(12-3-2-6-25-12)19-20-14(21)27-8-9-4-5-10(11(16)7-9)15(17,18)26(22,23)24;1-21-13(12-3-2-6-26-12)19-20-14(21)27-8-9-4-5-10(11(16)7-9)15(17,18)25(22,23)24;15-9-3-7(1-2-8(9)14(18,19)28(24,25)26)5-29-13-22-21-10(27-13)4-23-6-20-11(16)12(23)17/h2-10H,11H2,1H3,(H2,25,26,27);1-7H,8H2,(H2,22,23,24);2*2-7H,8H2,1H3,(H2,22,23,24);1-3,6H,4-5H2,(H2,24,25,26). The van der Waals surface area contributed by atoms with Gasteiger partial charge in [0.15, 0.2) is 38.0 Å². The summed E-state index contributed by atoms with van der Waals surface area (Å²) in [6, 6.07) is 40.3. The van der Waals surface area contributed by atoms with E-state index in [1.165, 1.54) is 137 Å². The highest BCUT2D eigenvalue weighted by Gasteiger charge is 2.55. The summed E-state index contributed by atoms with van der Waals surface area (Å²) in [6.07, 6.45) is -0.191. The average molecular weight is 2540 g/mol. The SMILES string of the molecule is COc1ccc(-c2ccnc(SCc3ccc(C(F)(F)P(=O)(O)O)c(Br)c3)n2)cc1.Cn1c(SCc2ccc(C(F)(F)P(=O)(O)O)c(Br)c2)nnc1-c1ccco1.Cn1c(SCc2ccc(C(F)(F)P(=O)(O)O)c(Br)c2)nnc1-c1cccs1.O=P(O)(O)C(F)(F)c1ccc(CSc2ccc(OC(F)(F)F)cc2)cc1Br.O=P(O)(O)C(F)(F)c1ccc(CSc2nnc(Cn3cnc(Cl)c3Cl)o2)cc1Br. The summed E-state index contributed by atoms with van der Waals surface area (Å²) in [7, 11) is -23.0. The van der Waals surface area contributed by atoms with Gasteiger partial charge in [-0.25, -0.2) is 15.0 Å². The maximum absolute atomic E-state index is 13.9. The minimum Gasteiger partial charge on any atom is -0.497 e. The van der Waals surface area contributed by atoms with Crippen molar-refractivity contribution in [2.24, 2.45) is 14.1 Å². The van der Waals surface area contributed by atoms with Gasteiger partial charge in [-0.15, -0.1) is 66.9 Å². The van der Waals surface area contributed by atoms with E-state index in [1.54, 1.807) is 54.5 Å². The van der Waals surface area contributed by atoms with Gasteiger partial charge in [0.1, 0.15) is 23.2 Å². The van der Waals surface area contributed by atoms with Crippen molar-refractivity contribution in [3.05, 3.63) is 288 Å². The lowest BCUT2D eigenvalue weighted by molar-refractivity contribution is -0.274. The predicted octanol–water partition coefficient (Wildman–Crippen LogP) is 25.4. The van der Waals surface area contributed by atoms with Gasteiger partial charge in [-0.1, -0.05) is 217 Å². The molecular formula is C78H63Br5Cl2F13N12O19P5S6. The molecule has 10 N–H and O–H groups in total. The molecule has 7 aromatic carbocycles. The molecule has 14 rings (SSSR count). The number of thiophene rings is 1. The van der Waals surface area contributed by atoms with E-state index in [-0.39, 0.29) is 56.1 Å². The van der Waals surface area contributed by atoms with Gasteiger partial charge in [0, 0.05) is 110 Å². The molecule has 0 saturated carbocycles. The first-order valence-corrected chi connectivity index (χ1v) is 56.3. The molecule has 7 aromatic heterocycles. The number of thioether (sulfide) groups is 5. The van der Waals surface area contributed by atoms with E-state index >= 15 is 0 Å². The van der Waals surface area contributed by atoms with Crippen LogP contribution in [0.3, 0.4) is 0 Å². The highest BCUT2D eigenvalue weighted by atomic mass is 79.9. The van der Waals surface area contributed by atoms with Crippen LogP contribution < -0.4 is 9.47 Å². The highest BCUT2D eigenvalue weighted by Crippen LogP contribution is 2.65. The van der Waals surface area contributed by atoms with E-state index in [1.807, 2.05) is 53.4 Å². The van der Waals surface area contributed by atoms with E-state index in [0.717, 1.165) is 81.9 Å². The molecule has 0 aliphatic heterocycles. The fraction of sp³-hybridized carbons (Fsp3) is 0.192. The average Bonchev–Trinajstić information content (AvgIpc) is 0.919. The van der Waals surface area contributed by atoms with Crippen LogP contribution in [0, 0.1) is 0 Å². The fourth-order valence-electron chi connectivity index (χ4n) is 11.2. The van der Waals surface area contributed by atoms with Crippen molar-refractivity contribution >= 4 is 211 Å². The van der Waals surface area contributed by atoms with Crippen molar-refractivity contribution < 1.29 is 147 Å². The minimum absolute atomic E-state index is 0.0637. The largest absolute Gasteiger partial charge is 0.573 e. The minimum atomic E-state index is -5.68. The third-order valence-corrected chi connectivity index (χ3v) is 33.1. The van der Waals surface area contributed by atoms with Crippen LogP contribution in [0.1, 0.15) is 61.5 Å². The van der Waals surface area contributed by atoms with Crippen LogP contribution in [-0.4, -0.2) is 122 Å². The molecule has 14 aromatic rings. The van der Waals surface area contributed by atoms with Gasteiger partial charge in [-0.2, -0.15) is 43.9 Å². The number of furan rings is 1. The lowest BCUT2D eigenvalue weighted by atomic mass is 10.1. The first-order chi connectivity index (χ1) is 65.1. The number of ether oxygens (including phenoxy) is 2. The van der Waals surface area contributed by atoms with Crippen LogP contribution in [0.2, 0.25) is 10.3 Å². The summed E-state index contributed by atoms with van der Waals surface area (Å²) in [6.45, 7) is 0.170. The molecule has 0 aliphatic rings. The summed E-state index contributed by atoms with van der Waals surface area (Å²) in [5.41, 5.74) is -20.5. The van der Waals surface area contributed by atoms with Crippen molar-refractivity contribution in [2.45, 2.75) is 95.6 Å². The van der Waals surface area contributed by atoms with Crippen LogP contribution >= 0.6 is 211 Å². The van der Waals surface area contributed by atoms with Crippen LogP contribution in [0.15, 0.2) is 251 Å². The summed E-state index contributed by atoms with van der Waals surface area (Å²) in [5, 5.41) is 28.6. The van der Waals surface area contributed by atoms with Gasteiger partial charge >= 0.3 is 72.7 Å². The quantitative estimate of drug-likeness (QED) is 0.00810. The van der Waals surface area contributed by atoms with Crippen LogP contribution in [0.4, 0.5) is 57.1 Å². The number of alkyl halides is 13. The Balaban J connectivity index is 0.000000180. The van der Waals surface area contributed by atoms with Crippen molar-refractivity contribution in [2.75, 3.05) is 7.11 Å². The molecule has 31 nitrogen and oxygen atoms in total. The molecule has 0 spiro atoms. The smallest absolute Gasteiger partial charge is 0.497 e. The molecule has 0 atom stereocenters. The fourth-order valence-corrected chi connectivity index (χ4v) is 22.9. The molecule has 0 bridgehead atoms. The Bertz CT molecular complexity index is 6790. The number of imidazole rings is 1. The van der Waals surface area contributed by atoms with Crippen molar-refractivity contribution in [3.8, 4) is 45.0 Å². The maximum atomic E-state index is 13.9. The van der Waals surface area contributed by atoms with E-state index < -0.39 is 100 Å². The topological polar surface area (TPSA) is 463 Å². The molecule has 0 fully saturated rings. The van der Waals surface area contributed by atoms with Crippen molar-refractivity contribution in [1.82, 2.24) is 59.2 Å². The Morgan fingerprint density at radius 3 is 1.22 bits per heavy atom. The predicted molar refractivity (Wildman–Crippen MR) is 514 cm³/mol. The van der Waals surface area contributed by atoms with Crippen molar-refractivity contribution in [1.29, 1.82) is 0 Å². The van der Waals surface area contributed by atoms with E-state index in [9.17, 15) is 79.9 Å². The number of hydrogen-bond donors (Lipinski definition) is 10. The molecule has 0 unspecified atom stereocenters. The Hall–Kier alpha value is -6.60. The monoisotopic (exact) mass is 2530 g/mol. The second-order valence-electron chi connectivity index (χ2n) is 28.0. The van der Waals surface area contributed by atoms with Crippen molar-refractivity contribution in [3.63, 3.8) is 0 Å². The summed E-state index contributed by atoms with van der Waals surface area (Å²) in [5.74, 6) is 4.29. The molecule has 0 amide bonds. The second kappa shape index (κ2) is 47.9. The molecule has 0 aliphatic carbocycles. The van der Waals surface area contributed by atoms with E-state index in [0.29, 0.717) is 88.5 Å². The second-order valence-corrected chi connectivity index (χ2v) is 47.0. The number of halogens is 20. The number of methoxy groups -OCH3 is 1. The lowest BCUT2D eigenvalue weighted by Crippen LogP contribution is -2.16. The first kappa shape index (κ1) is 115. The molecule has 140 heavy (non-hydrogen) atoms. The summed E-state index contributed by atoms with van der Waals surface area (Å²) >= 11 is 34.4. The normalized spacial score (nSPS) is 12.5. The van der Waals surface area contributed by atoms with Gasteiger partial charge in [0.05, 0.1) is 30.3 Å². The van der Waals surface area contributed by atoms with Crippen LogP contribution in [0.25, 0.3) is 33.5 Å². The number of nitrogens with zero attached hydrogens (tertiary/aromatic N) is 12. The molecule has 62 heteroatoms. The third kappa shape index (κ3) is 29.9. The number of aromatic nitrogens is 12. The summed E-state index contributed by atoms with van der Waals surface area (Å²) < 4.78 is 254. The zero-order valence-corrected chi connectivity index (χ0v) is 88.8. The number of benzene rings is 7. The molecule has 0 radical (unpaired) electrons. The van der Waals surface area contributed by atoms with Gasteiger partial charge in [-0.3, -0.25) is 22.8 Å². The zero-order chi connectivity index (χ0) is 103. The number of hydrogen-bond acceptors (Lipinski definition) is 24. The Morgan fingerprint density at radius 2 is 0.850 bits per heavy atom. The van der Waals surface area contributed by atoms with Gasteiger partial charge in [-0.05, 0) is 136 Å². The summed E-state index contributed by atoms with van der Waals surface area (Å²) in [4.78, 5) is 103. The Labute approximate surface area is 859 Å². The van der Waals surface area contributed by atoms with Gasteiger partial charge in [0.25, 0.3) is 5.22 Å².